The average molecular weight is 413 g/mol. The number of hydrogen-bond donors (Lipinski definition) is 0. The van der Waals surface area contributed by atoms with E-state index in [2.05, 4.69) is 4.90 Å². The van der Waals surface area contributed by atoms with Crippen LogP contribution in [0.4, 0.5) is 4.39 Å². The zero-order valence-electron chi connectivity index (χ0n) is 17.0. The van der Waals surface area contributed by atoms with Crippen molar-refractivity contribution in [1.82, 2.24) is 19.6 Å². The summed E-state index contributed by atoms with van der Waals surface area (Å²) in [5.74, 6) is -0.275. The molecule has 1 fully saturated rings. The molecule has 0 radical (unpaired) electrons. The maximum absolute atomic E-state index is 14.0. The molecule has 0 unspecified atom stereocenters. The van der Waals surface area contributed by atoms with Crippen molar-refractivity contribution in [2.24, 2.45) is 0 Å². The predicted molar refractivity (Wildman–Crippen MR) is 109 cm³/mol. The van der Waals surface area contributed by atoms with Gasteiger partial charge in [-0.15, -0.1) is 0 Å². The second-order valence-corrected chi connectivity index (χ2v) is 7.76. The van der Waals surface area contributed by atoms with Gasteiger partial charge in [0.2, 0.25) is 11.8 Å². The first kappa shape index (κ1) is 22.6. The Bertz CT molecular complexity index is 658. The van der Waals surface area contributed by atoms with E-state index in [9.17, 15) is 14.0 Å². The van der Waals surface area contributed by atoms with E-state index in [-0.39, 0.29) is 30.7 Å². The van der Waals surface area contributed by atoms with Crippen LogP contribution in [0.3, 0.4) is 0 Å². The Morgan fingerprint density at radius 2 is 1.82 bits per heavy atom. The fraction of sp³-hybridized carbons (Fsp3) is 0.600. The van der Waals surface area contributed by atoms with Gasteiger partial charge in [0.15, 0.2) is 0 Å². The molecule has 8 heteroatoms. The van der Waals surface area contributed by atoms with Crippen molar-refractivity contribution in [3.05, 3.63) is 34.6 Å². The highest BCUT2D eigenvalue weighted by atomic mass is 35.5. The number of halogens is 2. The van der Waals surface area contributed by atoms with Gasteiger partial charge in [0.25, 0.3) is 0 Å². The Morgan fingerprint density at radius 3 is 2.39 bits per heavy atom. The minimum Gasteiger partial charge on any atom is -0.348 e. The topological polar surface area (TPSA) is 47.1 Å². The van der Waals surface area contributed by atoms with Gasteiger partial charge in [-0.1, -0.05) is 24.6 Å². The molecule has 28 heavy (non-hydrogen) atoms. The summed E-state index contributed by atoms with van der Waals surface area (Å²) >= 11 is 6.11. The monoisotopic (exact) mass is 412 g/mol. The van der Waals surface area contributed by atoms with E-state index in [0.29, 0.717) is 49.9 Å². The highest BCUT2D eigenvalue weighted by molar-refractivity contribution is 6.31. The summed E-state index contributed by atoms with van der Waals surface area (Å²) in [7, 11) is 3.44. The average Bonchev–Trinajstić information content (AvgIpc) is 2.65. The van der Waals surface area contributed by atoms with Crippen LogP contribution in [-0.4, -0.2) is 91.3 Å². The van der Waals surface area contributed by atoms with Crippen LogP contribution in [0.15, 0.2) is 18.2 Å². The third kappa shape index (κ3) is 6.43. The predicted octanol–water partition coefficient (Wildman–Crippen LogP) is 1.92. The lowest BCUT2D eigenvalue weighted by Gasteiger charge is -2.36. The van der Waals surface area contributed by atoms with Gasteiger partial charge in [0.1, 0.15) is 5.82 Å². The van der Waals surface area contributed by atoms with Crippen molar-refractivity contribution < 1.29 is 14.0 Å². The molecule has 6 nitrogen and oxygen atoms in total. The SMILES string of the molecule is CCCN(CC(=O)N(C)C)CC(=O)N1CCN(Cc2c(F)cccc2Cl)CC1. The summed E-state index contributed by atoms with van der Waals surface area (Å²) in [4.78, 5) is 32.0. The van der Waals surface area contributed by atoms with Gasteiger partial charge in [0, 0.05) is 57.4 Å². The smallest absolute Gasteiger partial charge is 0.236 e. The van der Waals surface area contributed by atoms with Gasteiger partial charge in [0.05, 0.1) is 13.1 Å². The van der Waals surface area contributed by atoms with Crippen LogP contribution in [0.25, 0.3) is 0 Å². The summed E-state index contributed by atoms with van der Waals surface area (Å²) < 4.78 is 14.0. The molecule has 0 bridgehead atoms. The van der Waals surface area contributed by atoms with Crippen molar-refractivity contribution in [3.8, 4) is 0 Å². The molecule has 1 aromatic carbocycles. The molecule has 156 valence electrons. The minimum absolute atomic E-state index is 0.00663. The largest absolute Gasteiger partial charge is 0.348 e. The second kappa shape index (κ2) is 10.7. The van der Waals surface area contributed by atoms with E-state index in [4.69, 9.17) is 11.6 Å². The van der Waals surface area contributed by atoms with Crippen LogP contribution in [0.2, 0.25) is 5.02 Å². The maximum atomic E-state index is 14.0. The standard InChI is InChI=1S/C20H30ClFN4O2/c1-4-8-25(14-19(27)23(2)3)15-20(28)26-11-9-24(10-12-26)13-16-17(21)6-5-7-18(16)22/h5-7H,4,8-15H2,1-3H3. The molecule has 0 N–H and O–H groups in total. The summed E-state index contributed by atoms with van der Waals surface area (Å²) in [6.45, 7) is 6.18. The molecule has 1 saturated heterocycles. The summed E-state index contributed by atoms with van der Waals surface area (Å²) in [5, 5.41) is 0.430. The summed E-state index contributed by atoms with van der Waals surface area (Å²) in [6, 6.07) is 4.70. The molecule has 1 aliphatic rings. The molecule has 1 aliphatic heterocycles. The number of carbonyl (C=O) groups is 2. The van der Waals surface area contributed by atoms with E-state index in [1.54, 1.807) is 31.1 Å². The summed E-state index contributed by atoms with van der Waals surface area (Å²) in [6.07, 6.45) is 0.880. The van der Waals surface area contributed by atoms with Gasteiger partial charge >= 0.3 is 0 Å². The van der Waals surface area contributed by atoms with Crippen molar-refractivity contribution in [1.29, 1.82) is 0 Å². The van der Waals surface area contributed by atoms with Gasteiger partial charge in [-0.3, -0.25) is 19.4 Å². The number of rotatable bonds is 8. The number of piperazine rings is 1. The van der Waals surface area contributed by atoms with Gasteiger partial charge in [-0.2, -0.15) is 0 Å². The molecule has 0 aliphatic carbocycles. The van der Waals surface area contributed by atoms with Crippen molar-refractivity contribution in [3.63, 3.8) is 0 Å². The number of carbonyl (C=O) groups excluding carboxylic acids is 2. The first-order valence-corrected chi connectivity index (χ1v) is 10.0. The molecule has 0 spiro atoms. The van der Waals surface area contributed by atoms with Crippen LogP contribution in [0.5, 0.6) is 0 Å². The third-order valence-corrected chi connectivity index (χ3v) is 5.28. The minimum atomic E-state index is -0.299. The van der Waals surface area contributed by atoms with Crippen LogP contribution in [0, 0.1) is 5.82 Å². The molecule has 2 amide bonds. The number of hydrogen-bond acceptors (Lipinski definition) is 4. The molecular formula is C20H30ClFN4O2. The fourth-order valence-corrected chi connectivity index (χ4v) is 3.44. The van der Waals surface area contributed by atoms with Crippen molar-refractivity contribution >= 4 is 23.4 Å². The number of likely N-dealkylation sites (N-methyl/N-ethyl adjacent to an activating group) is 1. The Labute approximate surface area is 171 Å². The van der Waals surface area contributed by atoms with Gasteiger partial charge in [-0.05, 0) is 25.1 Å². The highest BCUT2D eigenvalue weighted by Gasteiger charge is 2.24. The summed E-state index contributed by atoms with van der Waals surface area (Å²) in [5.41, 5.74) is 0.500. The molecule has 0 saturated carbocycles. The first-order chi connectivity index (χ1) is 13.3. The van der Waals surface area contributed by atoms with E-state index < -0.39 is 0 Å². The second-order valence-electron chi connectivity index (χ2n) is 7.36. The number of nitrogens with zero attached hydrogens (tertiary/aromatic N) is 4. The van der Waals surface area contributed by atoms with Crippen LogP contribution in [-0.2, 0) is 16.1 Å². The lowest BCUT2D eigenvalue weighted by atomic mass is 10.2. The normalized spacial score (nSPS) is 15.1. The molecule has 0 atom stereocenters. The van der Waals surface area contributed by atoms with E-state index in [0.717, 1.165) is 6.42 Å². The zero-order valence-corrected chi connectivity index (χ0v) is 17.7. The third-order valence-electron chi connectivity index (χ3n) is 4.92. The first-order valence-electron chi connectivity index (χ1n) is 9.67. The van der Waals surface area contributed by atoms with Crippen molar-refractivity contribution in [2.75, 3.05) is 59.9 Å². The van der Waals surface area contributed by atoms with Crippen LogP contribution in [0.1, 0.15) is 18.9 Å². The Hall–Kier alpha value is -1.70. The zero-order chi connectivity index (χ0) is 20.7. The maximum Gasteiger partial charge on any atom is 0.236 e. The Kier molecular flexibility index (Phi) is 8.66. The number of amides is 2. The van der Waals surface area contributed by atoms with E-state index >= 15 is 0 Å². The Balaban J connectivity index is 1.85. The fourth-order valence-electron chi connectivity index (χ4n) is 3.22. The van der Waals surface area contributed by atoms with E-state index in [1.807, 2.05) is 16.7 Å². The lowest BCUT2D eigenvalue weighted by Crippen LogP contribution is -2.51. The van der Waals surface area contributed by atoms with Gasteiger partial charge < -0.3 is 9.80 Å². The van der Waals surface area contributed by atoms with Crippen LogP contribution >= 0.6 is 11.6 Å². The van der Waals surface area contributed by atoms with Gasteiger partial charge in [-0.25, -0.2) is 4.39 Å². The number of benzene rings is 1. The quantitative estimate of drug-likeness (QED) is 0.654. The van der Waals surface area contributed by atoms with Crippen LogP contribution < -0.4 is 0 Å². The Morgan fingerprint density at radius 1 is 1.14 bits per heavy atom. The molecule has 1 heterocycles. The van der Waals surface area contributed by atoms with Crippen molar-refractivity contribution in [2.45, 2.75) is 19.9 Å². The lowest BCUT2D eigenvalue weighted by molar-refractivity contribution is -0.136. The molecule has 1 aromatic rings. The van der Waals surface area contributed by atoms with E-state index in [1.165, 1.54) is 6.07 Å². The molecular weight excluding hydrogens is 383 g/mol. The molecule has 2 rings (SSSR count). The highest BCUT2D eigenvalue weighted by Crippen LogP contribution is 2.21. The molecule has 0 aromatic heterocycles.